The molecule has 3 fully saturated rings. The molecular weight excluding hydrogens is 336 g/mol. The highest BCUT2D eigenvalue weighted by Crippen LogP contribution is 2.33. The summed E-state index contributed by atoms with van der Waals surface area (Å²) < 4.78 is 5.23. The van der Waals surface area contributed by atoms with E-state index in [9.17, 15) is 4.79 Å². The van der Waals surface area contributed by atoms with Crippen LogP contribution in [0.3, 0.4) is 0 Å². The van der Waals surface area contributed by atoms with Crippen molar-refractivity contribution < 1.29 is 9.32 Å². The summed E-state index contributed by atoms with van der Waals surface area (Å²) in [7, 11) is 0. The lowest BCUT2D eigenvalue weighted by Crippen LogP contribution is -2.50. The molecule has 6 nitrogen and oxygen atoms in total. The third kappa shape index (κ3) is 3.11. The standard InChI is InChI=1S/C18H24N4O2S/c1-10-15(12(3)24-21-10)18-20-11(2)16(25-18)17(23)19-8-14-9-22-6-4-13(14)5-7-22/h13-14H,4-9H2,1-3H3,(H,19,23). The number of aryl methyl sites for hydroxylation is 3. The topological polar surface area (TPSA) is 71.3 Å². The SMILES string of the molecule is Cc1nc(-c2c(C)noc2C)sc1C(=O)NCC1CN2CCC1CC2. The van der Waals surface area contributed by atoms with Gasteiger partial charge in [-0.25, -0.2) is 4.98 Å². The van der Waals surface area contributed by atoms with Crippen LogP contribution in [0.2, 0.25) is 0 Å². The quantitative estimate of drug-likeness (QED) is 0.908. The number of hydrogen-bond donors (Lipinski definition) is 1. The number of thiazole rings is 1. The van der Waals surface area contributed by atoms with Crippen molar-refractivity contribution in [2.24, 2.45) is 11.8 Å². The molecule has 0 aliphatic carbocycles. The maximum atomic E-state index is 12.7. The van der Waals surface area contributed by atoms with Crippen molar-refractivity contribution in [2.75, 3.05) is 26.2 Å². The fraction of sp³-hybridized carbons (Fsp3) is 0.611. The molecule has 0 saturated carbocycles. The normalized spacial score (nSPS) is 25.3. The van der Waals surface area contributed by atoms with Crippen LogP contribution in [-0.2, 0) is 0 Å². The van der Waals surface area contributed by atoms with Gasteiger partial charge in [0.1, 0.15) is 15.6 Å². The van der Waals surface area contributed by atoms with E-state index in [1.54, 1.807) is 0 Å². The fourth-order valence-corrected chi connectivity index (χ4v) is 5.25. The minimum Gasteiger partial charge on any atom is -0.361 e. The summed E-state index contributed by atoms with van der Waals surface area (Å²) in [5.41, 5.74) is 2.49. The zero-order valence-electron chi connectivity index (χ0n) is 15.0. The maximum absolute atomic E-state index is 12.7. The van der Waals surface area contributed by atoms with E-state index in [1.165, 1.54) is 37.3 Å². The van der Waals surface area contributed by atoms with E-state index in [2.05, 4.69) is 20.4 Å². The smallest absolute Gasteiger partial charge is 0.263 e. The molecule has 2 aromatic rings. The summed E-state index contributed by atoms with van der Waals surface area (Å²) in [5.74, 6) is 2.09. The zero-order valence-corrected chi connectivity index (χ0v) is 15.8. The highest BCUT2D eigenvalue weighted by atomic mass is 32.1. The lowest BCUT2D eigenvalue weighted by molar-refractivity contribution is 0.0496. The largest absolute Gasteiger partial charge is 0.361 e. The van der Waals surface area contributed by atoms with E-state index in [0.29, 0.717) is 10.8 Å². The van der Waals surface area contributed by atoms with Crippen molar-refractivity contribution in [1.29, 1.82) is 0 Å². The molecule has 7 heteroatoms. The van der Waals surface area contributed by atoms with Crippen molar-refractivity contribution in [3.63, 3.8) is 0 Å². The Balaban J connectivity index is 1.46. The molecule has 3 aliphatic rings. The average Bonchev–Trinajstić information content (AvgIpc) is 3.15. The van der Waals surface area contributed by atoms with Crippen LogP contribution in [0.1, 0.15) is 39.7 Å². The van der Waals surface area contributed by atoms with Crippen molar-refractivity contribution in [3.8, 4) is 10.6 Å². The second-order valence-electron chi connectivity index (χ2n) is 7.24. The summed E-state index contributed by atoms with van der Waals surface area (Å²) in [6.07, 6.45) is 2.55. The Morgan fingerprint density at radius 3 is 2.64 bits per heavy atom. The summed E-state index contributed by atoms with van der Waals surface area (Å²) in [6, 6.07) is 0. The fourth-order valence-electron chi connectivity index (χ4n) is 4.13. The van der Waals surface area contributed by atoms with Crippen LogP contribution < -0.4 is 5.32 Å². The van der Waals surface area contributed by atoms with Crippen molar-refractivity contribution in [1.82, 2.24) is 20.4 Å². The lowest BCUT2D eigenvalue weighted by atomic mass is 9.79. The van der Waals surface area contributed by atoms with Crippen molar-refractivity contribution in [3.05, 3.63) is 22.0 Å². The van der Waals surface area contributed by atoms with Crippen LogP contribution in [0.25, 0.3) is 10.6 Å². The first-order valence-corrected chi connectivity index (χ1v) is 9.75. The minimum atomic E-state index is -0.00976. The molecule has 5 heterocycles. The van der Waals surface area contributed by atoms with Gasteiger partial charge < -0.3 is 14.7 Å². The molecular formula is C18H24N4O2S. The van der Waals surface area contributed by atoms with Crippen LogP contribution >= 0.6 is 11.3 Å². The number of piperidine rings is 3. The second-order valence-corrected chi connectivity index (χ2v) is 8.24. The second kappa shape index (κ2) is 6.53. The molecule has 3 saturated heterocycles. The number of nitrogens with zero attached hydrogens (tertiary/aromatic N) is 3. The highest BCUT2D eigenvalue weighted by Gasteiger charge is 2.34. The lowest BCUT2D eigenvalue weighted by Gasteiger charge is -2.44. The number of aromatic nitrogens is 2. The van der Waals surface area contributed by atoms with E-state index >= 15 is 0 Å². The van der Waals surface area contributed by atoms with E-state index < -0.39 is 0 Å². The Bertz CT molecular complexity index is 770. The Hall–Kier alpha value is -1.73. The van der Waals surface area contributed by atoms with Gasteiger partial charge >= 0.3 is 0 Å². The van der Waals surface area contributed by atoms with E-state index in [4.69, 9.17) is 4.52 Å². The van der Waals surface area contributed by atoms with Gasteiger partial charge in [-0.1, -0.05) is 5.16 Å². The molecule has 0 spiro atoms. The summed E-state index contributed by atoms with van der Waals surface area (Å²) in [5, 5.41) is 7.94. The van der Waals surface area contributed by atoms with Gasteiger partial charge in [-0.3, -0.25) is 4.79 Å². The molecule has 5 rings (SSSR count). The summed E-state index contributed by atoms with van der Waals surface area (Å²) >= 11 is 1.42. The van der Waals surface area contributed by atoms with Crippen molar-refractivity contribution in [2.45, 2.75) is 33.6 Å². The first-order valence-electron chi connectivity index (χ1n) is 8.94. The first-order chi connectivity index (χ1) is 12.0. The third-order valence-electron chi connectivity index (χ3n) is 5.57. The maximum Gasteiger partial charge on any atom is 0.263 e. The van der Waals surface area contributed by atoms with Gasteiger partial charge in [-0.2, -0.15) is 0 Å². The zero-order chi connectivity index (χ0) is 17.6. The van der Waals surface area contributed by atoms with E-state index in [0.717, 1.165) is 46.7 Å². The monoisotopic (exact) mass is 360 g/mol. The van der Waals surface area contributed by atoms with E-state index in [-0.39, 0.29) is 5.91 Å². The molecule has 2 bridgehead atoms. The molecule has 1 N–H and O–H groups in total. The van der Waals surface area contributed by atoms with Crippen LogP contribution in [-0.4, -0.2) is 47.1 Å². The Morgan fingerprint density at radius 2 is 2.04 bits per heavy atom. The van der Waals surface area contributed by atoms with Crippen LogP contribution in [0.4, 0.5) is 0 Å². The third-order valence-corrected chi connectivity index (χ3v) is 6.74. The number of amides is 1. The number of carbonyl (C=O) groups excluding carboxylic acids is 1. The number of hydrogen-bond acceptors (Lipinski definition) is 6. The molecule has 2 aromatic heterocycles. The molecule has 134 valence electrons. The van der Waals surface area contributed by atoms with Crippen LogP contribution in [0.15, 0.2) is 4.52 Å². The van der Waals surface area contributed by atoms with Gasteiger partial charge in [0.25, 0.3) is 5.91 Å². The molecule has 3 aliphatic heterocycles. The van der Waals surface area contributed by atoms with Gasteiger partial charge in [-0.15, -0.1) is 11.3 Å². The predicted molar refractivity (Wildman–Crippen MR) is 96.8 cm³/mol. The molecule has 0 aromatic carbocycles. The first kappa shape index (κ1) is 16.7. The number of carbonyl (C=O) groups is 1. The molecule has 1 amide bonds. The number of rotatable bonds is 4. The molecule has 1 atom stereocenters. The Morgan fingerprint density at radius 1 is 1.28 bits per heavy atom. The van der Waals surface area contributed by atoms with Gasteiger partial charge in [0.15, 0.2) is 0 Å². The summed E-state index contributed by atoms with van der Waals surface area (Å²) in [4.78, 5) is 20.5. The van der Waals surface area contributed by atoms with Gasteiger partial charge in [0, 0.05) is 13.1 Å². The van der Waals surface area contributed by atoms with Gasteiger partial charge in [0.05, 0.1) is 17.0 Å². The predicted octanol–water partition coefficient (Wildman–Crippen LogP) is 2.79. The Kier molecular flexibility index (Phi) is 4.37. The van der Waals surface area contributed by atoms with Crippen molar-refractivity contribution >= 4 is 17.2 Å². The van der Waals surface area contributed by atoms with Crippen LogP contribution in [0, 0.1) is 32.6 Å². The van der Waals surface area contributed by atoms with Gasteiger partial charge in [-0.05, 0) is 58.5 Å². The number of nitrogens with one attached hydrogen (secondary N) is 1. The minimum absolute atomic E-state index is 0.00976. The van der Waals surface area contributed by atoms with Gasteiger partial charge in [0.2, 0.25) is 0 Å². The number of fused-ring (bicyclic) bond motifs is 3. The highest BCUT2D eigenvalue weighted by molar-refractivity contribution is 7.17. The van der Waals surface area contributed by atoms with E-state index in [1.807, 2.05) is 20.8 Å². The average molecular weight is 360 g/mol. The molecule has 25 heavy (non-hydrogen) atoms. The van der Waals surface area contributed by atoms with Crippen LogP contribution in [0.5, 0.6) is 0 Å². The molecule has 0 radical (unpaired) electrons. The molecule has 1 unspecified atom stereocenters. The summed E-state index contributed by atoms with van der Waals surface area (Å²) in [6.45, 7) is 10.00. The Labute approximate surface area is 151 Å².